The summed E-state index contributed by atoms with van der Waals surface area (Å²) in [5.74, 6) is 0. The number of rotatable bonds is 2. The fourth-order valence-corrected chi connectivity index (χ4v) is 3.56. The van der Waals surface area contributed by atoms with E-state index < -0.39 is 0 Å². The molecule has 2 aliphatic rings. The van der Waals surface area contributed by atoms with E-state index in [1.165, 1.54) is 43.5 Å². The molecule has 0 amide bonds. The Hall–Kier alpha value is -0.960. The highest BCUT2D eigenvalue weighted by Crippen LogP contribution is 2.40. The summed E-state index contributed by atoms with van der Waals surface area (Å²) in [4.78, 5) is 0. The van der Waals surface area contributed by atoms with Crippen molar-refractivity contribution >= 4 is 0 Å². The van der Waals surface area contributed by atoms with E-state index in [1.54, 1.807) is 0 Å². The van der Waals surface area contributed by atoms with Crippen molar-refractivity contribution < 1.29 is 4.74 Å². The van der Waals surface area contributed by atoms with E-state index in [2.05, 4.69) is 36.1 Å². The Labute approximate surface area is 109 Å². The Morgan fingerprint density at radius 2 is 1.89 bits per heavy atom. The number of hydrogen-bond acceptors (Lipinski definition) is 2. The van der Waals surface area contributed by atoms with Crippen molar-refractivity contribution in [3.63, 3.8) is 0 Å². The fraction of sp³-hybridized carbons (Fsp3) is 0.733. The highest BCUT2D eigenvalue weighted by atomic mass is 16.5. The Morgan fingerprint density at radius 3 is 2.56 bits per heavy atom. The van der Waals surface area contributed by atoms with E-state index in [0.717, 1.165) is 13.0 Å². The molecule has 1 aliphatic heterocycles. The summed E-state index contributed by atoms with van der Waals surface area (Å²) >= 11 is 0. The maximum Gasteiger partial charge on any atom is 0.0702 e. The molecule has 1 saturated carbocycles. The quantitative estimate of drug-likeness (QED) is 0.870. The second-order valence-corrected chi connectivity index (χ2v) is 6.01. The van der Waals surface area contributed by atoms with Crippen molar-refractivity contribution in [2.45, 2.75) is 64.0 Å². The van der Waals surface area contributed by atoms with Gasteiger partial charge in [0.1, 0.15) is 0 Å². The van der Waals surface area contributed by atoms with Gasteiger partial charge in [-0.25, -0.2) is 0 Å². The number of nitrogens with zero attached hydrogens (tertiary/aromatic N) is 1. The van der Waals surface area contributed by atoms with Crippen LogP contribution in [-0.2, 0) is 4.74 Å². The summed E-state index contributed by atoms with van der Waals surface area (Å²) in [7, 11) is 0. The van der Waals surface area contributed by atoms with Crippen LogP contribution in [-0.4, -0.2) is 22.9 Å². The predicted octanol–water partition coefficient (Wildman–Crippen LogP) is 3.14. The molecule has 3 heteroatoms. The normalized spacial score (nSPS) is 26.7. The first-order valence-electron chi connectivity index (χ1n) is 7.24. The second-order valence-electron chi connectivity index (χ2n) is 6.01. The lowest BCUT2D eigenvalue weighted by Gasteiger charge is -2.39. The standard InChI is InChI=1S/C15H24N2O/c1-12-5-6-13(2)17(12)16-14-7-10-18-15(11-14)8-3-4-9-15/h5-6,14,16H,3-4,7-11H2,1-2H3. The lowest BCUT2D eigenvalue weighted by molar-refractivity contribution is -0.0779. The molecule has 3 rings (SSSR count). The molecular formula is C15H24N2O. The smallest absolute Gasteiger partial charge is 0.0702 e. The zero-order valence-corrected chi connectivity index (χ0v) is 11.5. The van der Waals surface area contributed by atoms with Gasteiger partial charge in [0.25, 0.3) is 0 Å². The second kappa shape index (κ2) is 4.61. The molecule has 1 unspecified atom stereocenters. The third kappa shape index (κ3) is 2.16. The van der Waals surface area contributed by atoms with Gasteiger partial charge in [-0.15, -0.1) is 0 Å². The minimum atomic E-state index is 0.199. The molecule has 1 aromatic heterocycles. The number of aromatic nitrogens is 1. The largest absolute Gasteiger partial charge is 0.375 e. The first-order chi connectivity index (χ1) is 8.69. The van der Waals surface area contributed by atoms with Crippen molar-refractivity contribution in [2.24, 2.45) is 0 Å². The lowest BCUT2D eigenvalue weighted by atomic mass is 9.89. The van der Waals surface area contributed by atoms with Crippen molar-refractivity contribution in [3.05, 3.63) is 23.5 Å². The van der Waals surface area contributed by atoms with Crippen LogP contribution in [0.4, 0.5) is 0 Å². The summed E-state index contributed by atoms with van der Waals surface area (Å²) in [5, 5.41) is 0. The van der Waals surface area contributed by atoms with Gasteiger partial charge >= 0.3 is 0 Å². The third-order valence-electron chi connectivity index (χ3n) is 4.59. The molecule has 0 aromatic carbocycles. The van der Waals surface area contributed by atoms with Crippen LogP contribution in [0, 0.1) is 13.8 Å². The minimum absolute atomic E-state index is 0.199. The topological polar surface area (TPSA) is 26.2 Å². The van der Waals surface area contributed by atoms with E-state index in [4.69, 9.17) is 4.74 Å². The maximum absolute atomic E-state index is 6.09. The zero-order chi connectivity index (χ0) is 12.6. The molecule has 1 N–H and O–H groups in total. The van der Waals surface area contributed by atoms with Crippen LogP contribution in [0.3, 0.4) is 0 Å². The number of ether oxygens (including phenoxy) is 1. The summed E-state index contributed by atoms with van der Waals surface area (Å²) in [6, 6.07) is 4.90. The van der Waals surface area contributed by atoms with Crippen LogP contribution in [0.5, 0.6) is 0 Å². The molecular weight excluding hydrogens is 224 g/mol. The minimum Gasteiger partial charge on any atom is -0.375 e. The van der Waals surface area contributed by atoms with E-state index in [0.29, 0.717) is 6.04 Å². The monoisotopic (exact) mass is 248 g/mol. The van der Waals surface area contributed by atoms with Gasteiger partial charge in [-0.05, 0) is 51.7 Å². The molecule has 2 fully saturated rings. The molecule has 1 aliphatic carbocycles. The van der Waals surface area contributed by atoms with Gasteiger partial charge < -0.3 is 10.2 Å². The molecule has 1 spiro atoms. The SMILES string of the molecule is Cc1ccc(C)n1NC1CCOC2(CCCC2)C1. The Bertz CT molecular complexity index is 399. The average Bonchev–Trinajstić information content (AvgIpc) is 2.92. The molecule has 1 aromatic rings. The first kappa shape index (κ1) is 12.1. The highest BCUT2D eigenvalue weighted by Gasteiger charge is 2.40. The maximum atomic E-state index is 6.09. The van der Waals surface area contributed by atoms with Crippen molar-refractivity contribution in [3.8, 4) is 0 Å². The van der Waals surface area contributed by atoms with Gasteiger partial charge in [0.05, 0.1) is 5.60 Å². The van der Waals surface area contributed by atoms with E-state index in [9.17, 15) is 0 Å². The molecule has 0 radical (unpaired) electrons. The molecule has 0 bridgehead atoms. The van der Waals surface area contributed by atoms with Crippen LogP contribution in [0.25, 0.3) is 0 Å². The van der Waals surface area contributed by atoms with E-state index >= 15 is 0 Å². The van der Waals surface area contributed by atoms with Gasteiger partial charge in [0.15, 0.2) is 0 Å². The average molecular weight is 248 g/mol. The third-order valence-corrected chi connectivity index (χ3v) is 4.59. The number of hydrogen-bond donors (Lipinski definition) is 1. The van der Waals surface area contributed by atoms with Crippen LogP contribution < -0.4 is 5.43 Å². The predicted molar refractivity (Wildman–Crippen MR) is 73.4 cm³/mol. The summed E-state index contributed by atoms with van der Waals surface area (Å²) in [5.41, 5.74) is 6.47. The Morgan fingerprint density at radius 1 is 1.22 bits per heavy atom. The summed E-state index contributed by atoms with van der Waals surface area (Å²) in [6.07, 6.45) is 7.50. The number of nitrogens with one attached hydrogen (secondary N) is 1. The molecule has 1 saturated heterocycles. The van der Waals surface area contributed by atoms with Gasteiger partial charge in [0, 0.05) is 24.0 Å². The van der Waals surface area contributed by atoms with Crippen LogP contribution in [0.1, 0.15) is 49.9 Å². The molecule has 2 heterocycles. The lowest BCUT2D eigenvalue weighted by Crippen LogP contribution is -2.44. The van der Waals surface area contributed by atoms with Gasteiger partial charge in [-0.3, -0.25) is 4.68 Å². The van der Waals surface area contributed by atoms with Crippen molar-refractivity contribution in [2.75, 3.05) is 12.0 Å². The van der Waals surface area contributed by atoms with E-state index in [1.807, 2.05) is 0 Å². The van der Waals surface area contributed by atoms with Crippen LogP contribution >= 0.6 is 0 Å². The van der Waals surface area contributed by atoms with Crippen molar-refractivity contribution in [1.82, 2.24) is 4.68 Å². The van der Waals surface area contributed by atoms with E-state index in [-0.39, 0.29) is 5.60 Å². The fourth-order valence-electron chi connectivity index (χ4n) is 3.56. The Kier molecular flexibility index (Phi) is 3.10. The zero-order valence-electron chi connectivity index (χ0n) is 11.5. The van der Waals surface area contributed by atoms with Crippen LogP contribution in [0.15, 0.2) is 12.1 Å². The van der Waals surface area contributed by atoms with Crippen molar-refractivity contribution in [1.29, 1.82) is 0 Å². The molecule has 3 nitrogen and oxygen atoms in total. The van der Waals surface area contributed by atoms with Gasteiger partial charge in [0.2, 0.25) is 0 Å². The first-order valence-corrected chi connectivity index (χ1v) is 7.24. The van der Waals surface area contributed by atoms with Crippen LogP contribution in [0.2, 0.25) is 0 Å². The summed E-state index contributed by atoms with van der Waals surface area (Å²) < 4.78 is 8.32. The molecule has 18 heavy (non-hydrogen) atoms. The Balaban J connectivity index is 1.70. The summed E-state index contributed by atoms with van der Waals surface area (Å²) in [6.45, 7) is 5.23. The highest BCUT2D eigenvalue weighted by molar-refractivity contribution is 5.16. The van der Waals surface area contributed by atoms with Gasteiger partial charge in [-0.1, -0.05) is 12.8 Å². The van der Waals surface area contributed by atoms with Gasteiger partial charge in [-0.2, -0.15) is 0 Å². The molecule has 1 atom stereocenters. The molecule has 100 valence electrons. The number of aryl methyl sites for hydroxylation is 2.